The first-order chi connectivity index (χ1) is 12.9. The summed E-state index contributed by atoms with van der Waals surface area (Å²) in [4.78, 5) is 27.4. The molecule has 0 saturated carbocycles. The van der Waals surface area contributed by atoms with Crippen LogP contribution >= 0.6 is 11.3 Å². The summed E-state index contributed by atoms with van der Waals surface area (Å²) in [6.07, 6.45) is 0. The van der Waals surface area contributed by atoms with Crippen LogP contribution in [-0.2, 0) is 6.54 Å². The first-order valence-electron chi connectivity index (χ1n) is 8.98. The summed E-state index contributed by atoms with van der Waals surface area (Å²) in [6, 6.07) is 11.4. The van der Waals surface area contributed by atoms with Gasteiger partial charge in [-0.1, -0.05) is 18.2 Å². The molecule has 6 nitrogen and oxygen atoms in total. The van der Waals surface area contributed by atoms with Gasteiger partial charge in [-0.25, -0.2) is 4.79 Å². The Morgan fingerprint density at radius 1 is 1.07 bits per heavy atom. The molecule has 1 atom stereocenters. The second-order valence-electron chi connectivity index (χ2n) is 6.88. The molecule has 0 aliphatic carbocycles. The monoisotopic (exact) mass is 388 g/mol. The van der Waals surface area contributed by atoms with Gasteiger partial charge < -0.3 is 20.9 Å². The van der Waals surface area contributed by atoms with Crippen LogP contribution in [0, 0.1) is 0 Å². The van der Waals surface area contributed by atoms with Crippen molar-refractivity contribution in [2.75, 3.05) is 20.6 Å². The number of nitrogens with one attached hydrogen (secondary N) is 3. The Morgan fingerprint density at radius 2 is 1.78 bits per heavy atom. The van der Waals surface area contributed by atoms with Crippen LogP contribution < -0.4 is 16.0 Å². The molecule has 3 amide bonds. The van der Waals surface area contributed by atoms with Gasteiger partial charge in [0.2, 0.25) is 0 Å². The normalized spacial score (nSPS) is 12.1. The van der Waals surface area contributed by atoms with E-state index >= 15 is 0 Å². The first-order valence-corrected chi connectivity index (χ1v) is 9.86. The number of carbonyl (C=O) groups is 2. The van der Waals surface area contributed by atoms with Crippen LogP contribution in [0.5, 0.6) is 0 Å². The lowest BCUT2D eigenvalue weighted by Crippen LogP contribution is -2.39. The van der Waals surface area contributed by atoms with Crippen molar-refractivity contribution >= 4 is 23.3 Å². The van der Waals surface area contributed by atoms with Crippen molar-refractivity contribution in [3.05, 3.63) is 57.8 Å². The van der Waals surface area contributed by atoms with E-state index in [0.29, 0.717) is 18.7 Å². The van der Waals surface area contributed by atoms with E-state index in [1.165, 1.54) is 4.88 Å². The van der Waals surface area contributed by atoms with Crippen LogP contribution in [0.2, 0.25) is 0 Å². The minimum atomic E-state index is -0.199. The topological polar surface area (TPSA) is 73.5 Å². The molecule has 0 fully saturated rings. The maximum Gasteiger partial charge on any atom is 0.315 e. The van der Waals surface area contributed by atoms with Crippen LogP contribution in [0.25, 0.3) is 0 Å². The molecule has 3 N–H and O–H groups in total. The Morgan fingerprint density at radius 3 is 2.33 bits per heavy atom. The highest BCUT2D eigenvalue weighted by Crippen LogP contribution is 2.22. The maximum atomic E-state index is 12.4. The van der Waals surface area contributed by atoms with Gasteiger partial charge in [-0.2, -0.15) is 0 Å². The molecule has 0 radical (unpaired) electrons. The number of hydrogen-bond donors (Lipinski definition) is 3. The van der Waals surface area contributed by atoms with Gasteiger partial charge in [-0.05, 0) is 57.1 Å². The predicted molar refractivity (Wildman–Crippen MR) is 110 cm³/mol. The SMILES string of the molecule is CC(C)NC(=O)NCc1ccc(C(=O)NC[C@H](c2cccs2)N(C)C)cc1. The number of thiophene rings is 1. The van der Waals surface area contributed by atoms with Gasteiger partial charge in [0, 0.05) is 29.6 Å². The van der Waals surface area contributed by atoms with Crippen LogP contribution in [0.15, 0.2) is 41.8 Å². The average Bonchev–Trinajstić information content (AvgIpc) is 3.14. The number of urea groups is 1. The third kappa shape index (κ3) is 6.69. The largest absolute Gasteiger partial charge is 0.350 e. The Bertz CT molecular complexity index is 727. The lowest BCUT2D eigenvalue weighted by Gasteiger charge is -2.23. The molecule has 0 aliphatic rings. The van der Waals surface area contributed by atoms with Gasteiger partial charge >= 0.3 is 6.03 Å². The Kier molecular flexibility index (Phi) is 7.82. The van der Waals surface area contributed by atoms with Gasteiger partial charge in [0.25, 0.3) is 5.91 Å². The van der Waals surface area contributed by atoms with Crippen molar-refractivity contribution in [2.24, 2.45) is 0 Å². The van der Waals surface area contributed by atoms with Crippen molar-refractivity contribution in [1.29, 1.82) is 0 Å². The summed E-state index contributed by atoms with van der Waals surface area (Å²) in [5, 5.41) is 10.6. The molecule has 1 heterocycles. The minimum absolute atomic E-state index is 0.0937. The summed E-state index contributed by atoms with van der Waals surface area (Å²) in [7, 11) is 4.02. The zero-order valence-electron chi connectivity index (χ0n) is 16.3. The van der Waals surface area contributed by atoms with Crippen LogP contribution in [0.3, 0.4) is 0 Å². The number of nitrogens with zero attached hydrogens (tertiary/aromatic N) is 1. The molecule has 0 bridgehead atoms. The smallest absolute Gasteiger partial charge is 0.315 e. The highest BCUT2D eigenvalue weighted by Gasteiger charge is 2.16. The Balaban J connectivity index is 1.87. The Hall–Kier alpha value is -2.38. The first kappa shape index (κ1) is 20.9. The van der Waals surface area contributed by atoms with Crippen LogP contribution in [0.1, 0.15) is 40.7 Å². The van der Waals surface area contributed by atoms with Crippen LogP contribution in [0.4, 0.5) is 4.79 Å². The van der Waals surface area contributed by atoms with E-state index in [9.17, 15) is 9.59 Å². The Labute approximate surface area is 165 Å². The molecule has 27 heavy (non-hydrogen) atoms. The average molecular weight is 389 g/mol. The summed E-state index contributed by atoms with van der Waals surface area (Å²) in [5.74, 6) is -0.101. The number of benzene rings is 1. The zero-order chi connectivity index (χ0) is 19.8. The molecule has 0 saturated heterocycles. The fraction of sp³-hybridized carbons (Fsp3) is 0.400. The van der Waals surface area contributed by atoms with Gasteiger partial charge in [0.15, 0.2) is 0 Å². The number of amides is 3. The van der Waals surface area contributed by atoms with E-state index in [1.54, 1.807) is 23.5 Å². The lowest BCUT2D eigenvalue weighted by molar-refractivity contribution is 0.0942. The quantitative estimate of drug-likeness (QED) is 0.651. The predicted octanol–water partition coefficient (Wildman–Crippen LogP) is 2.99. The van der Waals surface area contributed by atoms with Crippen LogP contribution in [-0.4, -0.2) is 43.5 Å². The third-order valence-electron chi connectivity index (χ3n) is 4.04. The van der Waals surface area contributed by atoms with Gasteiger partial charge in [0.1, 0.15) is 0 Å². The van der Waals surface area contributed by atoms with Crippen molar-refractivity contribution in [1.82, 2.24) is 20.9 Å². The summed E-state index contributed by atoms with van der Waals surface area (Å²) >= 11 is 1.69. The molecule has 146 valence electrons. The van der Waals surface area contributed by atoms with Crippen molar-refractivity contribution in [3.8, 4) is 0 Å². The highest BCUT2D eigenvalue weighted by atomic mass is 32.1. The molecule has 0 aliphatic heterocycles. The number of hydrogen-bond acceptors (Lipinski definition) is 4. The summed E-state index contributed by atoms with van der Waals surface area (Å²) < 4.78 is 0. The van der Waals surface area contributed by atoms with Crippen molar-refractivity contribution in [3.63, 3.8) is 0 Å². The van der Waals surface area contributed by atoms with E-state index in [2.05, 4.69) is 26.9 Å². The molecule has 2 aromatic rings. The summed E-state index contributed by atoms with van der Waals surface area (Å²) in [5.41, 5.74) is 1.55. The number of rotatable bonds is 8. The number of carbonyl (C=O) groups excluding carboxylic acids is 2. The molecule has 1 aromatic carbocycles. The van der Waals surface area contributed by atoms with Gasteiger partial charge in [-0.15, -0.1) is 11.3 Å². The fourth-order valence-corrected chi connectivity index (χ4v) is 3.50. The molecular formula is C20H28N4O2S. The van der Waals surface area contributed by atoms with E-state index in [0.717, 1.165) is 5.56 Å². The van der Waals surface area contributed by atoms with E-state index < -0.39 is 0 Å². The minimum Gasteiger partial charge on any atom is -0.350 e. The van der Waals surface area contributed by atoms with E-state index in [-0.39, 0.29) is 24.0 Å². The third-order valence-corrected chi connectivity index (χ3v) is 5.01. The molecule has 0 spiro atoms. The lowest BCUT2D eigenvalue weighted by atomic mass is 10.1. The van der Waals surface area contributed by atoms with Crippen molar-refractivity contribution in [2.45, 2.75) is 32.5 Å². The standard InChI is InChI=1S/C20H28N4O2S/c1-14(2)23-20(26)22-12-15-7-9-16(10-8-15)19(25)21-13-17(24(3)4)18-6-5-11-27-18/h5-11,14,17H,12-13H2,1-4H3,(H,21,25)(H2,22,23,26)/t17-/m1/s1. The maximum absolute atomic E-state index is 12.4. The van der Waals surface area contributed by atoms with Gasteiger partial charge in [-0.3, -0.25) is 4.79 Å². The second-order valence-corrected chi connectivity index (χ2v) is 7.86. The molecule has 7 heteroatoms. The van der Waals surface area contributed by atoms with Gasteiger partial charge in [0.05, 0.1) is 6.04 Å². The van der Waals surface area contributed by atoms with E-state index in [1.807, 2.05) is 51.5 Å². The molecular weight excluding hydrogens is 360 g/mol. The van der Waals surface area contributed by atoms with Crippen molar-refractivity contribution < 1.29 is 9.59 Å². The highest BCUT2D eigenvalue weighted by molar-refractivity contribution is 7.10. The second kappa shape index (κ2) is 10.1. The zero-order valence-corrected chi connectivity index (χ0v) is 17.1. The summed E-state index contributed by atoms with van der Waals surface area (Å²) in [6.45, 7) is 4.78. The fourth-order valence-electron chi connectivity index (χ4n) is 2.58. The number of likely N-dealkylation sites (N-methyl/N-ethyl adjacent to an activating group) is 1. The molecule has 0 unspecified atom stereocenters. The van der Waals surface area contributed by atoms with E-state index in [4.69, 9.17) is 0 Å². The molecule has 1 aromatic heterocycles. The molecule has 2 rings (SSSR count).